The van der Waals surface area contributed by atoms with Gasteiger partial charge >= 0.3 is 0 Å². The second-order valence-corrected chi connectivity index (χ2v) is 5.05. The maximum absolute atomic E-state index is 10.1. The van der Waals surface area contributed by atoms with E-state index in [1.807, 2.05) is 6.92 Å². The van der Waals surface area contributed by atoms with Gasteiger partial charge in [-0.05, 0) is 37.0 Å². The molecule has 0 saturated heterocycles. The molecule has 12 heavy (non-hydrogen) atoms. The first kappa shape index (κ1) is 10.0. The molecular formula is C11H22O. The number of hydrogen-bond acceptors (Lipinski definition) is 1. The van der Waals surface area contributed by atoms with E-state index < -0.39 is 5.60 Å². The van der Waals surface area contributed by atoms with Crippen LogP contribution in [0.25, 0.3) is 0 Å². The molecule has 1 fully saturated rings. The van der Waals surface area contributed by atoms with E-state index in [4.69, 9.17) is 0 Å². The smallest absolute Gasteiger partial charge is 0.0650 e. The molecule has 0 aromatic heterocycles. The maximum atomic E-state index is 10.1. The molecule has 1 nitrogen and oxygen atoms in total. The lowest BCUT2D eigenvalue weighted by Gasteiger charge is -2.46. The van der Waals surface area contributed by atoms with Crippen LogP contribution in [-0.2, 0) is 0 Å². The summed E-state index contributed by atoms with van der Waals surface area (Å²) in [6.45, 7) is 11.0. The maximum Gasteiger partial charge on any atom is 0.0650 e. The first-order valence-electron chi connectivity index (χ1n) is 5.08. The van der Waals surface area contributed by atoms with Crippen LogP contribution in [0.3, 0.4) is 0 Å². The van der Waals surface area contributed by atoms with Crippen LogP contribution >= 0.6 is 0 Å². The van der Waals surface area contributed by atoms with Crippen LogP contribution in [0, 0.1) is 23.7 Å². The number of rotatable bonds is 0. The zero-order valence-electron chi connectivity index (χ0n) is 8.96. The summed E-state index contributed by atoms with van der Waals surface area (Å²) in [5.41, 5.74) is -0.439. The predicted octanol–water partition coefficient (Wildman–Crippen LogP) is 2.69. The minimum atomic E-state index is -0.439. The average molecular weight is 170 g/mol. The molecule has 0 heterocycles. The Bertz CT molecular complexity index is 162. The molecule has 72 valence electrons. The van der Waals surface area contributed by atoms with E-state index in [0.717, 1.165) is 12.3 Å². The van der Waals surface area contributed by atoms with E-state index in [2.05, 4.69) is 27.7 Å². The third-order valence-corrected chi connectivity index (χ3v) is 4.23. The second-order valence-electron chi connectivity index (χ2n) is 5.05. The summed E-state index contributed by atoms with van der Waals surface area (Å²) in [6.07, 6.45) is 0.958. The summed E-state index contributed by atoms with van der Waals surface area (Å²) in [7, 11) is 0. The highest BCUT2D eigenvalue weighted by Crippen LogP contribution is 2.43. The fraction of sp³-hybridized carbons (Fsp3) is 1.00. The van der Waals surface area contributed by atoms with Gasteiger partial charge in [-0.3, -0.25) is 0 Å². The summed E-state index contributed by atoms with van der Waals surface area (Å²) >= 11 is 0. The molecule has 0 amide bonds. The zero-order valence-corrected chi connectivity index (χ0v) is 8.96. The van der Waals surface area contributed by atoms with Crippen LogP contribution in [0.2, 0.25) is 0 Å². The molecule has 0 aliphatic heterocycles. The van der Waals surface area contributed by atoms with Crippen molar-refractivity contribution in [2.24, 2.45) is 23.7 Å². The van der Waals surface area contributed by atoms with Gasteiger partial charge in [0.25, 0.3) is 0 Å². The monoisotopic (exact) mass is 170 g/mol. The van der Waals surface area contributed by atoms with E-state index in [-0.39, 0.29) is 0 Å². The third kappa shape index (κ3) is 1.52. The molecule has 1 rings (SSSR count). The molecule has 1 N–H and O–H groups in total. The Hall–Kier alpha value is -0.0400. The van der Waals surface area contributed by atoms with Crippen LogP contribution in [0.5, 0.6) is 0 Å². The molecule has 5 unspecified atom stereocenters. The first-order chi connectivity index (χ1) is 5.36. The number of hydrogen-bond donors (Lipinski definition) is 1. The molecule has 1 heteroatoms. The standard InChI is InChI=1S/C11H22O/c1-7-6-11(5,12)10(4)9(3)8(7)2/h7-10,12H,6H2,1-5H3. The molecule has 1 saturated carbocycles. The molecule has 0 radical (unpaired) electrons. The highest BCUT2D eigenvalue weighted by Gasteiger charge is 2.42. The summed E-state index contributed by atoms with van der Waals surface area (Å²) in [6, 6.07) is 0. The van der Waals surface area contributed by atoms with E-state index in [1.54, 1.807) is 0 Å². The zero-order chi connectivity index (χ0) is 9.52. The van der Waals surface area contributed by atoms with Crippen molar-refractivity contribution in [3.63, 3.8) is 0 Å². The van der Waals surface area contributed by atoms with Crippen molar-refractivity contribution in [1.82, 2.24) is 0 Å². The van der Waals surface area contributed by atoms with E-state index in [1.165, 1.54) is 0 Å². The van der Waals surface area contributed by atoms with Crippen molar-refractivity contribution in [2.75, 3.05) is 0 Å². The summed E-state index contributed by atoms with van der Waals surface area (Å²) in [5, 5.41) is 10.1. The Balaban J connectivity index is 2.78. The lowest BCUT2D eigenvalue weighted by molar-refractivity contribution is -0.0856. The number of aliphatic hydroxyl groups is 1. The summed E-state index contributed by atoms with van der Waals surface area (Å²) in [4.78, 5) is 0. The molecule has 1 aliphatic carbocycles. The van der Waals surface area contributed by atoms with Gasteiger partial charge in [-0.1, -0.05) is 27.7 Å². The Morgan fingerprint density at radius 2 is 1.58 bits per heavy atom. The summed E-state index contributed by atoms with van der Waals surface area (Å²) in [5.74, 6) is 2.49. The summed E-state index contributed by atoms with van der Waals surface area (Å²) < 4.78 is 0. The van der Waals surface area contributed by atoms with E-state index in [0.29, 0.717) is 17.8 Å². The fourth-order valence-electron chi connectivity index (χ4n) is 2.56. The van der Waals surface area contributed by atoms with Gasteiger partial charge in [-0.25, -0.2) is 0 Å². The van der Waals surface area contributed by atoms with Crippen molar-refractivity contribution >= 4 is 0 Å². The van der Waals surface area contributed by atoms with Crippen LogP contribution in [0.4, 0.5) is 0 Å². The molecular weight excluding hydrogens is 148 g/mol. The molecule has 0 bridgehead atoms. The highest BCUT2D eigenvalue weighted by molar-refractivity contribution is 4.92. The van der Waals surface area contributed by atoms with Crippen LogP contribution in [0.1, 0.15) is 41.0 Å². The van der Waals surface area contributed by atoms with Crippen molar-refractivity contribution in [3.05, 3.63) is 0 Å². The first-order valence-corrected chi connectivity index (χ1v) is 5.08. The van der Waals surface area contributed by atoms with Crippen molar-refractivity contribution in [1.29, 1.82) is 0 Å². The van der Waals surface area contributed by atoms with Crippen molar-refractivity contribution < 1.29 is 5.11 Å². The molecule has 5 atom stereocenters. The van der Waals surface area contributed by atoms with Crippen molar-refractivity contribution in [3.8, 4) is 0 Å². The molecule has 1 aliphatic rings. The van der Waals surface area contributed by atoms with E-state index >= 15 is 0 Å². The Labute approximate surface area is 76.2 Å². The third-order valence-electron chi connectivity index (χ3n) is 4.23. The van der Waals surface area contributed by atoms with Gasteiger partial charge in [0.1, 0.15) is 0 Å². The average Bonchev–Trinajstić information content (AvgIpc) is 1.97. The van der Waals surface area contributed by atoms with E-state index in [9.17, 15) is 5.11 Å². The lowest BCUT2D eigenvalue weighted by Crippen LogP contribution is -2.46. The minimum Gasteiger partial charge on any atom is -0.390 e. The van der Waals surface area contributed by atoms with Gasteiger partial charge in [-0.2, -0.15) is 0 Å². The van der Waals surface area contributed by atoms with Crippen LogP contribution < -0.4 is 0 Å². The highest BCUT2D eigenvalue weighted by atomic mass is 16.3. The quantitative estimate of drug-likeness (QED) is 0.592. The Morgan fingerprint density at radius 1 is 1.08 bits per heavy atom. The van der Waals surface area contributed by atoms with Gasteiger partial charge in [0.05, 0.1) is 5.60 Å². The van der Waals surface area contributed by atoms with Crippen molar-refractivity contribution in [2.45, 2.75) is 46.6 Å². The minimum absolute atomic E-state index is 0.434. The molecule has 0 spiro atoms. The van der Waals surface area contributed by atoms with Gasteiger partial charge < -0.3 is 5.11 Å². The van der Waals surface area contributed by atoms with Crippen LogP contribution in [-0.4, -0.2) is 10.7 Å². The van der Waals surface area contributed by atoms with Gasteiger partial charge in [0.15, 0.2) is 0 Å². The topological polar surface area (TPSA) is 20.2 Å². The van der Waals surface area contributed by atoms with Gasteiger partial charge in [-0.15, -0.1) is 0 Å². The molecule has 0 aromatic rings. The second kappa shape index (κ2) is 3.02. The Kier molecular flexibility index (Phi) is 2.53. The predicted molar refractivity (Wildman–Crippen MR) is 51.9 cm³/mol. The fourth-order valence-corrected chi connectivity index (χ4v) is 2.56. The Morgan fingerprint density at radius 3 is 2.08 bits per heavy atom. The largest absolute Gasteiger partial charge is 0.390 e. The van der Waals surface area contributed by atoms with Gasteiger partial charge in [0.2, 0.25) is 0 Å². The molecule has 0 aromatic carbocycles. The van der Waals surface area contributed by atoms with Gasteiger partial charge in [0, 0.05) is 0 Å². The lowest BCUT2D eigenvalue weighted by atomic mass is 9.62. The normalized spacial score (nSPS) is 55.5. The SMILES string of the molecule is CC1CC(C)(O)C(C)C(C)C1C. The van der Waals surface area contributed by atoms with Crippen LogP contribution in [0.15, 0.2) is 0 Å².